The third-order valence-electron chi connectivity index (χ3n) is 2.12. The van der Waals surface area contributed by atoms with Crippen molar-refractivity contribution in [1.29, 1.82) is 0 Å². The highest BCUT2D eigenvalue weighted by molar-refractivity contribution is 7.07. The summed E-state index contributed by atoms with van der Waals surface area (Å²) in [7, 11) is 0. The van der Waals surface area contributed by atoms with E-state index in [1.54, 1.807) is 0 Å². The first-order valence-corrected chi connectivity index (χ1v) is 5.65. The molecular formula is C11H8ClFOS. The summed E-state index contributed by atoms with van der Waals surface area (Å²) >= 11 is 7.14. The van der Waals surface area contributed by atoms with Crippen LogP contribution in [0.5, 0.6) is 0 Å². The van der Waals surface area contributed by atoms with Crippen molar-refractivity contribution in [2.24, 2.45) is 0 Å². The zero-order chi connectivity index (χ0) is 10.8. The number of benzene rings is 1. The number of hydrogen-bond donors (Lipinski definition) is 1. The van der Waals surface area contributed by atoms with E-state index in [0.29, 0.717) is 5.56 Å². The molecule has 1 atom stereocenters. The summed E-state index contributed by atoms with van der Waals surface area (Å²) in [5.41, 5.74) is 1.39. The first-order valence-electron chi connectivity index (χ1n) is 4.33. The lowest BCUT2D eigenvalue weighted by molar-refractivity contribution is 0.220. The van der Waals surface area contributed by atoms with Crippen LogP contribution in [0.25, 0.3) is 0 Å². The van der Waals surface area contributed by atoms with Gasteiger partial charge >= 0.3 is 0 Å². The van der Waals surface area contributed by atoms with Gasteiger partial charge < -0.3 is 5.11 Å². The van der Waals surface area contributed by atoms with Gasteiger partial charge in [0, 0.05) is 0 Å². The third-order valence-corrected chi connectivity index (χ3v) is 3.11. The average molecular weight is 243 g/mol. The van der Waals surface area contributed by atoms with Crippen molar-refractivity contribution in [3.63, 3.8) is 0 Å². The van der Waals surface area contributed by atoms with Crippen molar-refractivity contribution in [2.45, 2.75) is 6.10 Å². The van der Waals surface area contributed by atoms with Gasteiger partial charge in [-0.2, -0.15) is 11.3 Å². The minimum atomic E-state index is -0.741. The Morgan fingerprint density at radius 1 is 1.27 bits per heavy atom. The number of aliphatic hydroxyl groups is 1. The molecule has 2 aromatic rings. The van der Waals surface area contributed by atoms with Gasteiger partial charge in [0.25, 0.3) is 0 Å². The Kier molecular flexibility index (Phi) is 3.05. The maximum absolute atomic E-state index is 12.9. The minimum absolute atomic E-state index is 0.0294. The van der Waals surface area contributed by atoms with E-state index in [1.165, 1.54) is 29.5 Å². The molecule has 0 spiro atoms. The lowest BCUT2D eigenvalue weighted by Crippen LogP contribution is -1.98. The third kappa shape index (κ3) is 2.20. The SMILES string of the molecule is O[C@@H](c1ccsc1)c1ccc(F)c(Cl)c1. The zero-order valence-corrected chi connectivity index (χ0v) is 9.23. The molecule has 1 nitrogen and oxygen atoms in total. The molecule has 1 N–H and O–H groups in total. The van der Waals surface area contributed by atoms with E-state index >= 15 is 0 Å². The van der Waals surface area contributed by atoms with Gasteiger partial charge in [-0.3, -0.25) is 0 Å². The second-order valence-corrected chi connectivity index (χ2v) is 4.32. The molecule has 0 aliphatic carbocycles. The molecule has 2 rings (SSSR count). The monoisotopic (exact) mass is 242 g/mol. The minimum Gasteiger partial charge on any atom is -0.384 e. The Labute approximate surface area is 95.8 Å². The van der Waals surface area contributed by atoms with Crippen LogP contribution in [0.3, 0.4) is 0 Å². The van der Waals surface area contributed by atoms with Crippen molar-refractivity contribution in [1.82, 2.24) is 0 Å². The van der Waals surface area contributed by atoms with E-state index < -0.39 is 11.9 Å². The fourth-order valence-corrected chi connectivity index (χ4v) is 2.17. The van der Waals surface area contributed by atoms with E-state index in [0.717, 1.165) is 5.56 Å². The fraction of sp³-hybridized carbons (Fsp3) is 0.0909. The summed E-state index contributed by atoms with van der Waals surface area (Å²) in [6.07, 6.45) is -0.741. The highest BCUT2D eigenvalue weighted by atomic mass is 35.5. The quantitative estimate of drug-likeness (QED) is 0.853. The van der Waals surface area contributed by atoms with Crippen molar-refractivity contribution in [2.75, 3.05) is 0 Å². The van der Waals surface area contributed by atoms with Gasteiger partial charge in [0.1, 0.15) is 11.9 Å². The molecule has 15 heavy (non-hydrogen) atoms. The molecule has 0 radical (unpaired) electrons. The highest BCUT2D eigenvalue weighted by Crippen LogP contribution is 2.26. The Hall–Kier alpha value is -0.900. The molecule has 1 aromatic heterocycles. The van der Waals surface area contributed by atoms with Gasteiger partial charge in [-0.15, -0.1) is 0 Å². The van der Waals surface area contributed by atoms with Gasteiger partial charge in [-0.1, -0.05) is 17.7 Å². The molecule has 78 valence electrons. The van der Waals surface area contributed by atoms with Crippen molar-refractivity contribution < 1.29 is 9.50 Å². The summed E-state index contributed by atoms with van der Waals surface area (Å²) in [6, 6.07) is 6.06. The number of halogens is 2. The van der Waals surface area contributed by atoms with Crippen LogP contribution in [-0.4, -0.2) is 5.11 Å². The maximum Gasteiger partial charge on any atom is 0.141 e. The van der Waals surface area contributed by atoms with Crippen LogP contribution in [0.15, 0.2) is 35.0 Å². The largest absolute Gasteiger partial charge is 0.384 e. The number of rotatable bonds is 2. The topological polar surface area (TPSA) is 20.2 Å². The van der Waals surface area contributed by atoms with Crippen molar-refractivity contribution in [3.8, 4) is 0 Å². The van der Waals surface area contributed by atoms with Crippen LogP contribution in [0.4, 0.5) is 4.39 Å². The zero-order valence-electron chi connectivity index (χ0n) is 7.65. The van der Waals surface area contributed by atoms with Gasteiger partial charge in [0.15, 0.2) is 0 Å². The second kappa shape index (κ2) is 4.31. The molecule has 0 unspecified atom stereocenters. The molecule has 0 amide bonds. The molecule has 0 bridgehead atoms. The van der Waals surface area contributed by atoms with Crippen LogP contribution in [0.2, 0.25) is 5.02 Å². The summed E-state index contributed by atoms with van der Waals surface area (Å²) in [5.74, 6) is -0.474. The maximum atomic E-state index is 12.9. The van der Waals surface area contributed by atoms with Crippen LogP contribution in [0, 0.1) is 5.82 Å². The predicted molar refractivity (Wildman–Crippen MR) is 59.8 cm³/mol. The summed E-state index contributed by atoms with van der Waals surface area (Å²) in [4.78, 5) is 0. The Bertz CT molecular complexity index is 456. The normalized spacial score (nSPS) is 12.7. The van der Waals surface area contributed by atoms with Crippen LogP contribution in [-0.2, 0) is 0 Å². The summed E-state index contributed by atoms with van der Waals surface area (Å²) in [6.45, 7) is 0. The molecule has 1 aromatic carbocycles. The molecule has 0 saturated heterocycles. The Morgan fingerprint density at radius 2 is 2.07 bits per heavy atom. The van der Waals surface area contributed by atoms with Gasteiger partial charge in [-0.25, -0.2) is 4.39 Å². The Morgan fingerprint density at radius 3 is 2.67 bits per heavy atom. The molecule has 1 heterocycles. The molecule has 0 aliphatic rings. The van der Waals surface area contributed by atoms with Gasteiger partial charge in [0.2, 0.25) is 0 Å². The second-order valence-electron chi connectivity index (χ2n) is 3.13. The Balaban J connectivity index is 2.34. The standard InChI is InChI=1S/C11H8ClFOS/c12-9-5-7(1-2-10(9)13)11(14)8-3-4-15-6-8/h1-6,11,14H/t11-/m1/s1. The first-order chi connectivity index (χ1) is 7.18. The molecule has 0 saturated carbocycles. The van der Waals surface area contributed by atoms with E-state index in [1.807, 2.05) is 16.8 Å². The fourth-order valence-electron chi connectivity index (χ4n) is 1.31. The lowest BCUT2D eigenvalue weighted by atomic mass is 10.0. The predicted octanol–water partition coefficient (Wildman–Crippen LogP) is 3.62. The molecular weight excluding hydrogens is 235 g/mol. The van der Waals surface area contributed by atoms with E-state index in [4.69, 9.17) is 11.6 Å². The van der Waals surface area contributed by atoms with E-state index in [-0.39, 0.29) is 5.02 Å². The number of thiophene rings is 1. The highest BCUT2D eigenvalue weighted by Gasteiger charge is 2.12. The summed E-state index contributed by atoms with van der Waals surface area (Å²) in [5, 5.41) is 13.7. The van der Waals surface area contributed by atoms with Crippen LogP contribution < -0.4 is 0 Å². The molecule has 4 heteroatoms. The van der Waals surface area contributed by atoms with E-state index in [9.17, 15) is 9.50 Å². The number of aliphatic hydroxyl groups excluding tert-OH is 1. The lowest BCUT2D eigenvalue weighted by Gasteiger charge is -2.09. The summed E-state index contributed by atoms with van der Waals surface area (Å²) < 4.78 is 12.9. The first kappa shape index (κ1) is 10.6. The van der Waals surface area contributed by atoms with Crippen molar-refractivity contribution >= 4 is 22.9 Å². The smallest absolute Gasteiger partial charge is 0.141 e. The molecule has 0 fully saturated rings. The average Bonchev–Trinajstić information content (AvgIpc) is 2.74. The van der Waals surface area contributed by atoms with E-state index in [2.05, 4.69) is 0 Å². The van der Waals surface area contributed by atoms with Crippen LogP contribution >= 0.6 is 22.9 Å². The number of hydrogen-bond acceptors (Lipinski definition) is 2. The molecule has 0 aliphatic heterocycles. The van der Waals surface area contributed by atoms with Crippen LogP contribution in [0.1, 0.15) is 17.2 Å². The van der Waals surface area contributed by atoms with Crippen molar-refractivity contribution in [3.05, 3.63) is 57.0 Å². The van der Waals surface area contributed by atoms with Gasteiger partial charge in [-0.05, 0) is 40.1 Å². The van der Waals surface area contributed by atoms with Gasteiger partial charge in [0.05, 0.1) is 5.02 Å².